The van der Waals surface area contributed by atoms with Gasteiger partial charge in [-0.3, -0.25) is 4.68 Å². The summed E-state index contributed by atoms with van der Waals surface area (Å²) in [6, 6.07) is 0. The molecule has 4 saturated carbocycles. The van der Waals surface area contributed by atoms with Gasteiger partial charge in [0.15, 0.2) is 0 Å². The van der Waals surface area contributed by atoms with Crippen LogP contribution in [0.1, 0.15) is 84.1 Å². The monoisotopic (exact) mass is 382 g/mol. The molecule has 1 N–H and O–H groups in total. The van der Waals surface area contributed by atoms with Gasteiger partial charge >= 0.3 is 0 Å². The Morgan fingerprint density at radius 3 is 2.75 bits per heavy atom. The van der Waals surface area contributed by atoms with Crippen LogP contribution in [-0.4, -0.2) is 21.0 Å². The normalized spacial score (nSPS) is 46.9. The van der Waals surface area contributed by atoms with Crippen LogP contribution in [0.15, 0.2) is 18.0 Å². The maximum atomic E-state index is 11.4. The van der Waals surface area contributed by atoms with E-state index in [1.54, 1.807) is 0 Å². The van der Waals surface area contributed by atoms with E-state index in [1.807, 2.05) is 10.9 Å². The smallest absolute Gasteiger partial charge is 0.0809 e. The molecule has 28 heavy (non-hydrogen) atoms. The van der Waals surface area contributed by atoms with Gasteiger partial charge in [0.2, 0.25) is 0 Å². The van der Waals surface area contributed by atoms with Gasteiger partial charge in [-0.25, -0.2) is 0 Å². The van der Waals surface area contributed by atoms with Gasteiger partial charge in [-0.2, -0.15) is 5.10 Å². The Labute approximate surface area is 170 Å². The predicted octanol–water partition coefficient (Wildman–Crippen LogP) is 5.69. The lowest BCUT2D eigenvalue weighted by Gasteiger charge is -2.60. The highest BCUT2D eigenvalue weighted by Gasteiger charge is 2.60. The zero-order valence-electron chi connectivity index (χ0n) is 18.0. The largest absolute Gasteiger partial charge is 0.388 e. The Morgan fingerprint density at radius 2 is 1.96 bits per heavy atom. The molecule has 1 aromatic heterocycles. The highest BCUT2D eigenvalue weighted by molar-refractivity contribution is 5.54. The third-order valence-electron chi connectivity index (χ3n) is 9.78. The summed E-state index contributed by atoms with van der Waals surface area (Å²) in [5, 5.41) is 15.8. The number of hydrogen-bond acceptors (Lipinski definition) is 2. The third-order valence-corrected chi connectivity index (χ3v) is 9.78. The minimum atomic E-state index is -0.277. The van der Waals surface area contributed by atoms with Crippen molar-refractivity contribution in [1.82, 2.24) is 9.78 Å². The molecule has 4 aliphatic carbocycles. The van der Waals surface area contributed by atoms with Gasteiger partial charge in [0.05, 0.1) is 12.3 Å². The summed E-state index contributed by atoms with van der Waals surface area (Å²) in [4.78, 5) is 0. The second-order valence-corrected chi connectivity index (χ2v) is 10.9. The molecule has 0 bridgehead atoms. The van der Waals surface area contributed by atoms with E-state index >= 15 is 0 Å². The zero-order chi connectivity index (χ0) is 19.5. The SMILES string of the molecule is CCn1cc(/C=C2/C[C@@H]3[C@H]4CC[C@H]5CCCC[C@]5(C)[C@@H]4CC[C@]3(C)[C@H]2O)cn1. The van der Waals surface area contributed by atoms with E-state index in [1.165, 1.54) is 56.9 Å². The van der Waals surface area contributed by atoms with Crippen molar-refractivity contribution in [1.29, 1.82) is 0 Å². The number of aliphatic hydroxyl groups is 1. The Balaban J connectivity index is 1.44. The van der Waals surface area contributed by atoms with E-state index in [2.05, 4.69) is 38.1 Å². The first-order valence-electron chi connectivity index (χ1n) is 11.9. The molecule has 4 aliphatic rings. The van der Waals surface area contributed by atoms with E-state index in [0.717, 1.165) is 36.3 Å². The van der Waals surface area contributed by atoms with Gasteiger partial charge in [-0.1, -0.05) is 32.8 Å². The first-order valence-corrected chi connectivity index (χ1v) is 11.9. The molecule has 0 unspecified atom stereocenters. The van der Waals surface area contributed by atoms with Crippen molar-refractivity contribution in [3.63, 3.8) is 0 Å². The highest BCUT2D eigenvalue weighted by atomic mass is 16.3. The molecule has 3 heteroatoms. The highest BCUT2D eigenvalue weighted by Crippen LogP contribution is 2.67. The molecule has 1 aromatic rings. The molecular weight excluding hydrogens is 344 g/mol. The van der Waals surface area contributed by atoms with E-state index in [0.29, 0.717) is 11.3 Å². The maximum absolute atomic E-state index is 11.4. The summed E-state index contributed by atoms with van der Waals surface area (Å²) < 4.78 is 1.98. The van der Waals surface area contributed by atoms with Gasteiger partial charge in [0.1, 0.15) is 0 Å². The van der Waals surface area contributed by atoms with Crippen LogP contribution in [0, 0.1) is 34.5 Å². The molecule has 0 radical (unpaired) electrons. The number of aryl methyl sites for hydroxylation is 1. The molecule has 7 atom stereocenters. The third kappa shape index (κ3) is 2.68. The van der Waals surface area contributed by atoms with Crippen LogP contribution < -0.4 is 0 Å². The molecular formula is C25H38N2O. The minimum absolute atomic E-state index is 0.0750. The van der Waals surface area contributed by atoms with Gasteiger partial charge in [0, 0.05) is 23.7 Å². The van der Waals surface area contributed by atoms with Gasteiger partial charge < -0.3 is 5.11 Å². The van der Waals surface area contributed by atoms with Crippen LogP contribution in [0.5, 0.6) is 0 Å². The molecule has 0 saturated heterocycles. The fraction of sp³-hybridized carbons (Fsp3) is 0.800. The van der Waals surface area contributed by atoms with E-state index in [9.17, 15) is 5.11 Å². The van der Waals surface area contributed by atoms with Gasteiger partial charge in [0.25, 0.3) is 0 Å². The topological polar surface area (TPSA) is 38.0 Å². The van der Waals surface area contributed by atoms with Crippen molar-refractivity contribution in [2.75, 3.05) is 0 Å². The minimum Gasteiger partial charge on any atom is -0.388 e. The lowest BCUT2D eigenvalue weighted by Crippen LogP contribution is -2.53. The Hall–Kier alpha value is -1.09. The molecule has 3 nitrogen and oxygen atoms in total. The van der Waals surface area contributed by atoms with Gasteiger partial charge in [-0.05, 0) is 86.5 Å². The van der Waals surface area contributed by atoms with Crippen LogP contribution in [0.2, 0.25) is 0 Å². The van der Waals surface area contributed by atoms with Crippen LogP contribution in [-0.2, 0) is 6.54 Å². The number of rotatable bonds is 2. The molecule has 5 rings (SSSR count). The zero-order valence-corrected chi connectivity index (χ0v) is 18.0. The summed E-state index contributed by atoms with van der Waals surface area (Å²) in [6.45, 7) is 8.05. The number of fused-ring (bicyclic) bond motifs is 5. The molecule has 1 heterocycles. The number of nitrogens with zero attached hydrogens (tertiary/aromatic N) is 2. The Kier molecular flexibility index (Phi) is 4.54. The second kappa shape index (κ2) is 6.72. The van der Waals surface area contributed by atoms with Gasteiger partial charge in [-0.15, -0.1) is 0 Å². The second-order valence-electron chi connectivity index (χ2n) is 10.9. The van der Waals surface area contributed by atoms with Crippen molar-refractivity contribution < 1.29 is 5.11 Å². The summed E-state index contributed by atoms with van der Waals surface area (Å²) in [5.74, 6) is 3.33. The summed E-state index contributed by atoms with van der Waals surface area (Å²) in [6.07, 6.45) is 18.3. The fourth-order valence-electron chi connectivity index (χ4n) is 8.14. The van der Waals surface area contributed by atoms with Crippen molar-refractivity contribution in [3.05, 3.63) is 23.5 Å². The standard InChI is InChI=1S/C25H38N2O/c1-4-27-16-17(15-26-27)13-18-14-22-20-9-8-19-7-5-6-11-24(19,2)21(20)10-12-25(22,3)23(18)28/h13,15-16,19-23,28H,4-12,14H2,1-3H3/b18-13-/t19-,20+,21-,22-,23+,24+,25+/m1/s1. The van der Waals surface area contributed by atoms with E-state index in [-0.39, 0.29) is 11.5 Å². The van der Waals surface area contributed by atoms with Crippen LogP contribution >= 0.6 is 0 Å². The van der Waals surface area contributed by atoms with Crippen LogP contribution in [0.4, 0.5) is 0 Å². The average Bonchev–Trinajstić information content (AvgIpc) is 3.25. The molecule has 154 valence electrons. The first kappa shape index (κ1) is 18.9. The van der Waals surface area contributed by atoms with Crippen LogP contribution in [0.25, 0.3) is 6.08 Å². The first-order chi connectivity index (χ1) is 13.5. The molecule has 0 spiro atoms. The Bertz CT molecular complexity index is 766. The van der Waals surface area contributed by atoms with Crippen molar-refractivity contribution >= 4 is 6.08 Å². The van der Waals surface area contributed by atoms with Crippen molar-refractivity contribution in [3.8, 4) is 0 Å². The molecule has 0 aromatic carbocycles. The molecule has 0 amide bonds. The predicted molar refractivity (Wildman–Crippen MR) is 114 cm³/mol. The summed E-state index contributed by atoms with van der Waals surface area (Å²) in [7, 11) is 0. The summed E-state index contributed by atoms with van der Waals surface area (Å²) in [5.41, 5.74) is 3.06. The van der Waals surface area contributed by atoms with E-state index < -0.39 is 0 Å². The fourth-order valence-corrected chi connectivity index (χ4v) is 8.14. The van der Waals surface area contributed by atoms with Crippen molar-refractivity contribution in [2.45, 2.75) is 91.2 Å². The summed E-state index contributed by atoms with van der Waals surface area (Å²) >= 11 is 0. The lowest BCUT2D eigenvalue weighted by molar-refractivity contribution is -0.119. The lowest BCUT2D eigenvalue weighted by atomic mass is 9.45. The Morgan fingerprint density at radius 1 is 1.11 bits per heavy atom. The van der Waals surface area contributed by atoms with Crippen LogP contribution in [0.3, 0.4) is 0 Å². The molecule has 0 aliphatic heterocycles. The quantitative estimate of drug-likeness (QED) is 0.713. The average molecular weight is 383 g/mol. The molecule has 4 fully saturated rings. The van der Waals surface area contributed by atoms with Crippen molar-refractivity contribution in [2.24, 2.45) is 34.5 Å². The van der Waals surface area contributed by atoms with E-state index in [4.69, 9.17) is 0 Å². The number of aromatic nitrogens is 2. The maximum Gasteiger partial charge on any atom is 0.0809 e. The number of hydrogen-bond donors (Lipinski definition) is 1. The number of aliphatic hydroxyl groups excluding tert-OH is 1.